The Morgan fingerprint density at radius 2 is 2.21 bits per heavy atom. The fourth-order valence-corrected chi connectivity index (χ4v) is 2.29. The minimum absolute atomic E-state index is 0.606. The summed E-state index contributed by atoms with van der Waals surface area (Å²) in [5.74, 6) is 0.924. The van der Waals surface area contributed by atoms with Crippen LogP contribution < -0.4 is 10.6 Å². The first-order valence-corrected chi connectivity index (χ1v) is 6.07. The number of nitrogen functional groups attached to an aromatic ring is 1. The topological polar surface area (TPSA) is 86.0 Å². The maximum atomic E-state index is 5.76. The molecule has 0 fully saturated rings. The average Bonchev–Trinajstić information content (AvgIpc) is 3.02. The van der Waals surface area contributed by atoms with E-state index >= 15 is 0 Å². The van der Waals surface area contributed by atoms with Gasteiger partial charge in [-0.1, -0.05) is 0 Å². The summed E-state index contributed by atoms with van der Waals surface area (Å²) in [5.41, 5.74) is 7.94. The van der Waals surface area contributed by atoms with Crippen LogP contribution in [0.3, 0.4) is 0 Å². The maximum absolute atomic E-state index is 5.76. The molecule has 0 aliphatic carbocycles. The largest absolute Gasteiger partial charge is 0.423 e. The summed E-state index contributed by atoms with van der Waals surface area (Å²) < 4.78 is 7.80. The third-order valence-corrected chi connectivity index (χ3v) is 3.31. The Hall–Kier alpha value is -2.57. The Bertz CT molecular complexity index is 746. The van der Waals surface area contributed by atoms with Gasteiger partial charge in [0.05, 0.1) is 6.54 Å². The molecule has 19 heavy (non-hydrogen) atoms. The highest BCUT2D eigenvalue weighted by Gasteiger charge is 2.21. The van der Waals surface area contributed by atoms with Crippen LogP contribution in [0.25, 0.3) is 11.1 Å². The highest BCUT2D eigenvalue weighted by atomic mass is 16.4. The van der Waals surface area contributed by atoms with Gasteiger partial charge in [0.25, 0.3) is 6.01 Å². The normalized spacial score (nSPS) is 14.8. The third-order valence-electron chi connectivity index (χ3n) is 3.31. The molecule has 1 aromatic carbocycles. The van der Waals surface area contributed by atoms with Crippen LogP contribution in [-0.4, -0.2) is 26.3 Å². The Labute approximate surface area is 108 Å². The number of rotatable bonds is 1. The van der Waals surface area contributed by atoms with Crippen LogP contribution in [-0.2, 0) is 13.1 Å². The molecule has 0 saturated carbocycles. The molecule has 0 atom stereocenters. The molecule has 0 amide bonds. The van der Waals surface area contributed by atoms with E-state index in [0.29, 0.717) is 23.8 Å². The van der Waals surface area contributed by atoms with Crippen LogP contribution in [0.4, 0.5) is 11.7 Å². The third kappa shape index (κ3) is 1.62. The Morgan fingerprint density at radius 3 is 3.16 bits per heavy atom. The van der Waals surface area contributed by atoms with E-state index in [1.54, 1.807) is 12.4 Å². The number of fused-ring (bicyclic) bond motifs is 2. The molecule has 7 nitrogen and oxygen atoms in total. The molecule has 4 rings (SSSR count). The molecule has 0 unspecified atom stereocenters. The van der Waals surface area contributed by atoms with E-state index in [9.17, 15) is 0 Å². The van der Waals surface area contributed by atoms with Gasteiger partial charge in [-0.05, 0) is 12.1 Å². The molecule has 96 valence electrons. The van der Waals surface area contributed by atoms with E-state index < -0.39 is 0 Å². The Morgan fingerprint density at radius 1 is 1.26 bits per heavy atom. The standard InChI is InChI=1S/C12H12N6O/c13-8-1-2-9-10(5-8)19-12(15-9)17-3-4-18-7-14-16-11(18)6-17/h1-2,5,7H,3-4,6,13H2. The van der Waals surface area contributed by atoms with Crippen molar-refractivity contribution in [3.8, 4) is 0 Å². The van der Waals surface area contributed by atoms with Crippen LogP contribution in [0.15, 0.2) is 28.9 Å². The summed E-state index contributed by atoms with van der Waals surface area (Å²) in [5, 5.41) is 7.99. The van der Waals surface area contributed by atoms with E-state index in [4.69, 9.17) is 10.2 Å². The lowest BCUT2D eigenvalue weighted by atomic mass is 10.3. The highest BCUT2D eigenvalue weighted by molar-refractivity contribution is 5.78. The van der Waals surface area contributed by atoms with Gasteiger partial charge in [0.1, 0.15) is 11.8 Å². The van der Waals surface area contributed by atoms with E-state index in [1.165, 1.54) is 0 Å². The second-order valence-corrected chi connectivity index (χ2v) is 4.59. The number of aromatic nitrogens is 4. The zero-order valence-corrected chi connectivity index (χ0v) is 10.2. The fourth-order valence-electron chi connectivity index (χ4n) is 2.29. The van der Waals surface area contributed by atoms with Crippen molar-refractivity contribution in [1.82, 2.24) is 19.7 Å². The van der Waals surface area contributed by atoms with Crippen LogP contribution in [0.5, 0.6) is 0 Å². The first-order valence-electron chi connectivity index (χ1n) is 6.07. The molecular weight excluding hydrogens is 244 g/mol. The van der Waals surface area contributed by atoms with Gasteiger partial charge in [-0.25, -0.2) is 0 Å². The summed E-state index contributed by atoms with van der Waals surface area (Å²) in [6.07, 6.45) is 1.75. The number of oxazole rings is 1. The number of anilines is 2. The first kappa shape index (κ1) is 10.4. The van der Waals surface area contributed by atoms with Crippen molar-refractivity contribution in [2.45, 2.75) is 13.1 Å². The van der Waals surface area contributed by atoms with Gasteiger partial charge in [-0.15, -0.1) is 10.2 Å². The molecule has 0 saturated heterocycles. The summed E-state index contributed by atoms with van der Waals surface area (Å²) in [7, 11) is 0. The number of nitrogens with two attached hydrogens (primary N) is 1. The van der Waals surface area contributed by atoms with Gasteiger partial charge in [0.15, 0.2) is 11.4 Å². The number of nitrogens with zero attached hydrogens (tertiary/aromatic N) is 5. The van der Waals surface area contributed by atoms with Gasteiger partial charge in [-0.2, -0.15) is 4.98 Å². The van der Waals surface area contributed by atoms with E-state index in [0.717, 1.165) is 24.4 Å². The molecule has 3 aromatic rings. The zero-order chi connectivity index (χ0) is 12.8. The zero-order valence-electron chi connectivity index (χ0n) is 10.2. The lowest BCUT2D eigenvalue weighted by molar-refractivity contribution is 0.500. The van der Waals surface area contributed by atoms with Crippen molar-refractivity contribution in [2.75, 3.05) is 17.2 Å². The van der Waals surface area contributed by atoms with Crippen LogP contribution in [0.1, 0.15) is 5.82 Å². The predicted octanol–water partition coefficient (Wildman–Crippen LogP) is 1.02. The summed E-state index contributed by atoms with van der Waals surface area (Å²) in [4.78, 5) is 6.54. The van der Waals surface area contributed by atoms with Crippen molar-refractivity contribution in [1.29, 1.82) is 0 Å². The van der Waals surface area contributed by atoms with Crippen molar-refractivity contribution in [3.05, 3.63) is 30.4 Å². The maximum Gasteiger partial charge on any atom is 0.298 e. The lowest BCUT2D eigenvalue weighted by Crippen LogP contribution is -2.33. The van der Waals surface area contributed by atoms with Crippen molar-refractivity contribution in [3.63, 3.8) is 0 Å². The van der Waals surface area contributed by atoms with Crippen molar-refractivity contribution >= 4 is 22.8 Å². The summed E-state index contributed by atoms with van der Waals surface area (Å²) in [6, 6.07) is 6.08. The van der Waals surface area contributed by atoms with Gasteiger partial charge in [0.2, 0.25) is 0 Å². The molecule has 0 bridgehead atoms. The van der Waals surface area contributed by atoms with E-state index in [-0.39, 0.29) is 0 Å². The fraction of sp³-hybridized carbons (Fsp3) is 0.250. The number of benzene rings is 1. The van der Waals surface area contributed by atoms with E-state index in [2.05, 4.69) is 20.1 Å². The smallest absolute Gasteiger partial charge is 0.298 e. The molecule has 0 radical (unpaired) electrons. The monoisotopic (exact) mass is 256 g/mol. The summed E-state index contributed by atoms with van der Waals surface area (Å²) >= 11 is 0. The lowest BCUT2D eigenvalue weighted by Gasteiger charge is -2.25. The quantitative estimate of drug-likeness (QED) is 0.654. The van der Waals surface area contributed by atoms with Crippen LogP contribution in [0.2, 0.25) is 0 Å². The molecule has 2 N–H and O–H groups in total. The Kier molecular flexibility index (Phi) is 2.02. The second kappa shape index (κ2) is 3.71. The molecule has 2 aromatic heterocycles. The van der Waals surface area contributed by atoms with E-state index in [1.807, 2.05) is 16.7 Å². The van der Waals surface area contributed by atoms with Gasteiger partial charge < -0.3 is 19.6 Å². The molecular formula is C12H12N6O. The van der Waals surface area contributed by atoms with Crippen LogP contribution >= 0.6 is 0 Å². The SMILES string of the molecule is Nc1ccc2nc(N3CCn4cnnc4C3)oc2c1. The van der Waals surface area contributed by atoms with Crippen molar-refractivity contribution in [2.24, 2.45) is 0 Å². The van der Waals surface area contributed by atoms with Gasteiger partial charge in [0, 0.05) is 24.8 Å². The highest BCUT2D eigenvalue weighted by Crippen LogP contribution is 2.25. The molecule has 3 heterocycles. The minimum atomic E-state index is 0.606. The molecule has 0 spiro atoms. The molecule has 1 aliphatic heterocycles. The molecule has 1 aliphatic rings. The van der Waals surface area contributed by atoms with Crippen molar-refractivity contribution < 1.29 is 4.42 Å². The number of hydrogen-bond acceptors (Lipinski definition) is 6. The minimum Gasteiger partial charge on any atom is -0.423 e. The summed E-state index contributed by atoms with van der Waals surface area (Å²) in [6.45, 7) is 2.32. The first-order chi connectivity index (χ1) is 9.29. The Balaban J connectivity index is 1.71. The van der Waals surface area contributed by atoms with Gasteiger partial charge in [-0.3, -0.25) is 0 Å². The average molecular weight is 256 g/mol. The molecule has 7 heteroatoms. The number of hydrogen-bond donors (Lipinski definition) is 1. The predicted molar refractivity (Wildman–Crippen MR) is 69.5 cm³/mol. The van der Waals surface area contributed by atoms with Crippen LogP contribution in [0, 0.1) is 0 Å². The van der Waals surface area contributed by atoms with Gasteiger partial charge >= 0.3 is 0 Å². The second-order valence-electron chi connectivity index (χ2n) is 4.59.